The standard InChI is InChI=1S/C22H33N5O6/c1-12(2)18(21(31)26-16(22(32)33)11-14-7-5-4-6-8-14)27-20(30)15(9-10-17(24)28)25-19(29)13(3)23/h4-8,12-13,15-16,18H,9-11,23H2,1-3H3,(H2,24,28)(H,25,29)(H,26,31)(H,27,30)(H,32,33). The van der Waals surface area contributed by atoms with E-state index < -0.39 is 59.7 Å². The highest BCUT2D eigenvalue weighted by molar-refractivity contribution is 5.94. The lowest BCUT2D eigenvalue weighted by Gasteiger charge is -2.27. The summed E-state index contributed by atoms with van der Waals surface area (Å²) in [7, 11) is 0. The van der Waals surface area contributed by atoms with Gasteiger partial charge in [-0.25, -0.2) is 4.79 Å². The molecule has 1 aromatic carbocycles. The molecule has 4 unspecified atom stereocenters. The summed E-state index contributed by atoms with van der Waals surface area (Å²) in [5.74, 6) is -4.29. The fraction of sp³-hybridized carbons (Fsp3) is 0.500. The van der Waals surface area contributed by atoms with Gasteiger partial charge in [-0.1, -0.05) is 44.2 Å². The molecule has 1 rings (SSSR count). The van der Waals surface area contributed by atoms with Crippen molar-refractivity contribution in [2.75, 3.05) is 0 Å². The van der Waals surface area contributed by atoms with Gasteiger partial charge in [0.1, 0.15) is 18.1 Å². The molecular weight excluding hydrogens is 430 g/mol. The molecule has 0 aromatic heterocycles. The first-order valence-corrected chi connectivity index (χ1v) is 10.6. The van der Waals surface area contributed by atoms with Crippen molar-refractivity contribution in [1.82, 2.24) is 16.0 Å². The summed E-state index contributed by atoms with van der Waals surface area (Å²) in [4.78, 5) is 60.5. The molecule has 11 nitrogen and oxygen atoms in total. The highest BCUT2D eigenvalue weighted by atomic mass is 16.4. The molecule has 0 heterocycles. The molecule has 0 radical (unpaired) electrons. The Kier molecular flexibility index (Phi) is 11.0. The van der Waals surface area contributed by atoms with Gasteiger partial charge in [0.15, 0.2) is 0 Å². The van der Waals surface area contributed by atoms with Crippen molar-refractivity contribution in [2.24, 2.45) is 17.4 Å². The molecule has 0 saturated carbocycles. The summed E-state index contributed by atoms with van der Waals surface area (Å²) < 4.78 is 0. The summed E-state index contributed by atoms with van der Waals surface area (Å²) in [6, 6.07) is 4.46. The first kappa shape index (κ1) is 27.6. The molecule has 0 spiro atoms. The fourth-order valence-electron chi connectivity index (χ4n) is 2.96. The third-order valence-electron chi connectivity index (χ3n) is 4.87. The van der Waals surface area contributed by atoms with Crippen LogP contribution >= 0.6 is 0 Å². The van der Waals surface area contributed by atoms with E-state index in [9.17, 15) is 29.1 Å². The monoisotopic (exact) mass is 463 g/mol. The molecule has 0 fully saturated rings. The predicted octanol–water partition coefficient (Wildman–Crippen LogP) is -0.963. The average molecular weight is 464 g/mol. The van der Waals surface area contributed by atoms with E-state index in [-0.39, 0.29) is 19.3 Å². The Morgan fingerprint density at radius 3 is 1.94 bits per heavy atom. The molecule has 0 aliphatic rings. The van der Waals surface area contributed by atoms with Gasteiger partial charge in [0, 0.05) is 12.8 Å². The van der Waals surface area contributed by atoms with Crippen molar-refractivity contribution in [3.63, 3.8) is 0 Å². The van der Waals surface area contributed by atoms with Crippen molar-refractivity contribution in [2.45, 2.75) is 64.2 Å². The van der Waals surface area contributed by atoms with Gasteiger partial charge < -0.3 is 32.5 Å². The van der Waals surface area contributed by atoms with Gasteiger partial charge >= 0.3 is 5.97 Å². The van der Waals surface area contributed by atoms with Crippen LogP contribution in [0.1, 0.15) is 39.2 Å². The summed E-state index contributed by atoms with van der Waals surface area (Å²) >= 11 is 0. The van der Waals surface area contributed by atoms with Crippen LogP contribution in [0.25, 0.3) is 0 Å². The van der Waals surface area contributed by atoms with E-state index in [0.29, 0.717) is 0 Å². The maximum atomic E-state index is 12.9. The summed E-state index contributed by atoms with van der Waals surface area (Å²) in [5.41, 5.74) is 11.4. The Balaban J connectivity index is 2.95. The highest BCUT2D eigenvalue weighted by Crippen LogP contribution is 2.08. The van der Waals surface area contributed by atoms with Crippen molar-refractivity contribution < 1.29 is 29.1 Å². The van der Waals surface area contributed by atoms with E-state index in [4.69, 9.17) is 11.5 Å². The smallest absolute Gasteiger partial charge is 0.326 e. The third kappa shape index (κ3) is 9.69. The van der Waals surface area contributed by atoms with Crippen LogP contribution < -0.4 is 27.4 Å². The number of carbonyl (C=O) groups excluding carboxylic acids is 4. The number of primary amides is 1. The second-order valence-corrected chi connectivity index (χ2v) is 8.17. The van der Waals surface area contributed by atoms with Gasteiger partial charge in [0.2, 0.25) is 23.6 Å². The number of carboxylic acids is 1. The number of benzene rings is 1. The number of aliphatic carboxylic acids is 1. The van der Waals surface area contributed by atoms with Crippen LogP contribution in [0.2, 0.25) is 0 Å². The molecular formula is C22H33N5O6. The van der Waals surface area contributed by atoms with Gasteiger partial charge in [-0.15, -0.1) is 0 Å². The van der Waals surface area contributed by atoms with E-state index in [1.54, 1.807) is 44.2 Å². The van der Waals surface area contributed by atoms with E-state index in [1.807, 2.05) is 0 Å². The minimum atomic E-state index is -1.22. The zero-order chi connectivity index (χ0) is 25.1. The zero-order valence-corrected chi connectivity index (χ0v) is 19.0. The number of nitrogens with two attached hydrogens (primary N) is 2. The number of hydrogen-bond acceptors (Lipinski definition) is 6. The topological polar surface area (TPSA) is 194 Å². The van der Waals surface area contributed by atoms with E-state index in [0.717, 1.165) is 5.56 Å². The van der Waals surface area contributed by atoms with Crippen molar-refractivity contribution in [3.05, 3.63) is 35.9 Å². The number of amides is 4. The normalized spacial score (nSPS) is 14.5. The predicted molar refractivity (Wildman–Crippen MR) is 120 cm³/mol. The Morgan fingerprint density at radius 2 is 1.45 bits per heavy atom. The first-order chi connectivity index (χ1) is 15.4. The Bertz CT molecular complexity index is 843. The van der Waals surface area contributed by atoms with Gasteiger partial charge in [0.25, 0.3) is 0 Å². The third-order valence-corrected chi connectivity index (χ3v) is 4.87. The summed E-state index contributed by atoms with van der Waals surface area (Å²) in [6.07, 6.45) is -0.196. The molecule has 0 saturated heterocycles. The molecule has 0 bridgehead atoms. The Hall–Kier alpha value is -3.47. The lowest BCUT2D eigenvalue weighted by molar-refractivity contribution is -0.142. The molecule has 33 heavy (non-hydrogen) atoms. The number of carboxylic acid groups (broad SMARTS) is 1. The molecule has 1 aromatic rings. The lowest BCUT2D eigenvalue weighted by Crippen LogP contribution is -2.58. The molecule has 0 aliphatic heterocycles. The van der Waals surface area contributed by atoms with Crippen LogP contribution in [0.3, 0.4) is 0 Å². The zero-order valence-electron chi connectivity index (χ0n) is 19.0. The Labute approximate surface area is 192 Å². The average Bonchev–Trinajstić information content (AvgIpc) is 2.74. The van der Waals surface area contributed by atoms with E-state index >= 15 is 0 Å². The SMILES string of the molecule is CC(N)C(=O)NC(CCC(N)=O)C(=O)NC(C(=O)NC(Cc1ccccc1)C(=O)O)C(C)C. The summed E-state index contributed by atoms with van der Waals surface area (Å²) in [5, 5.41) is 17.0. The first-order valence-electron chi connectivity index (χ1n) is 10.6. The molecule has 4 atom stereocenters. The van der Waals surface area contributed by atoms with Gasteiger partial charge in [0.05, 0.1) is 6.04 Å². The van der Waals surface area contributed by atoms with Crippen LogP contribution in [0.4, 0.5) is 0 Å². The van der Waals surface area contributed by atoms with Crippen molar-refractivity contribution in [1.29, 1.82) is 0 Å². The highest BCUT2D eigenvalue weighted by Gasteiger charge is 2.31. The molecule has 11 heteroatoms. The second kappa shape index (κ2) is 13.2. The maximum Gasteiger partial charge on any atom is 0.326 e. The molecule has 182 valence electrons. The summed E-state index contributed by atoms with van der Waals surface area (Å²) in [6.45, 7) is 4.79. The van der Waals surface area contributed by atoms with Gasteiger partial charge in [-0.05, 0) is 24.8 Å². The van der Waals surface area contributed by atoms with Crippen LogP contribution in [-0.4, -0.2) is 58.9 Å². The Morgan fingerprint density at radius 1 is 0.879 bits per heavy atom. The number of carbonyl (C=O) groups is 5. The van der Waals surface area contributed by atoms with Crippen LogP contribution in [-0.2, 0) is 30.4 Å². The number of hydrogen-bond donors (Lipinski definition) is 6. The minimum absolute atomic E-state index is 0.0619. The minimum Gasteiger partial charge on any atom is -0.480 e. The quantitative estimate of drug-likeness (QED) is 0.217. The van der Waals surface area contributed by atoms with Gasteiger partial charge in [-0.3, -0.25) is 19.2 Å². The van der Waals surface area contributed by atoms with Crippen molar-refractivity contribution in [3.8, 4) is 0 Å². The van der Waals surface area contributed by atoms with Crippen LogP contribution in [0, 0.1) is 5.92 Å². The molecule has 4 amide bonds. The van der Waals surface area contributed by atoms with Crippen LogP contribution in [0.15, 0.2) is 30.3 Å². The number of nitrogens with one attached hydrogen (secondary N) is 3. The van der Waals surface area contributed by atoms with E-state index in [1.165, 1.54) is 6.92 Å². The lowest BCUT2D eigenvalue weighted by atomic mass is 10.0. The van der Waals surface area contributed by atoms with Gasteiger partial charge in [-0.2, -0.15) is 0 Å². The van der Waals surface area contributed by atoms with Crippen LogP contribution in [0.5, 0.6) is 0 Å². The second-order valence-electron chi connectivity index (χ2n) is 8.17. The molecule has 0 aliphatic carbocycles. The maximum absolute atomic E-state index is 12.9. The molecule has 8 N–H and O–H groups in total. The van der Waals surface area contributed by atoms with Crippen molar-refractivity contribution >= 4 is 29.6 Å². The fourth-order valence-corrected chi connectivity index (χ4v) is 2.96. The van der Waals surface area contributed by atoms with E-state index in [2.05, 4.69) is 16.0 Å². The largest absolute Gasteiger partial charge is 0.480 e. The number of rotatable bonds is 13.